The number of nitriles is 1. The first-order valence-corrected chi connectivity index (χ1v) is 7.23. The van der Waals surface area contributed by atoms with Gasteiger partial charge >= 0.3 is 0 Å². The van der Waals surface area contributed by atoms with Crippen LogP contribution in [0.5, 0.6) is 5.75 Å². The van der Waals surface area contributed by atoms with Crippen LogP contribution in [0.2, 0.25) is 0 Å². The van der Waals surface area contributed by atoms with Crippen molar-refractivity contribution < 1.29 is 4.74 Å². The number of pyridine rings is 1. The molecule has 0 amide bonds. The van der Waals surface area contributed by atoms with Crippen molar-refractivity contribution >= 4 is 15.9 Å². The maximum atomic E-state index is 8.87. The van der Waals surface area contributed by atoms with E-state index < -0.39 is 0 Å². The van der Waals surface area contributed by atoms with Crippen molar-refractivity contribution in [3.05, 3.63) is 22.4 Å². The van der Waals surface area contributed by atoms with Crippen LogP contribution in [0.25, 0.3) is 0 Å². The third kappa shape index (κ3) is 2.14. The molecule has 0 radical (unpaired) electrons. The zero-order chi connectivity index (χ0) is 14.4. The fourth-order valence-corrected chi connectivity index (χ4v) is 3.70. The van der Waals surface area contributed by atoms with Crippen molar-refractivity contribution in [2.24, 2.45) is 16.7 Å². The first kappa shape index (κ1) is 14.3. The number of nitrogens with zero attached hydrogens (tertiary/aromatic N) is 2. The highest BCUT2D eigenvalue weighted by Crippen LogP contribution is 2.59. The van der Waals surface area contributed by atoms with Crippen LogP contribution >= 0.6 is 15.9 Å². The molecule has 1 saturated carbocycles. The number of hydrogen-bond donors (Lipinski definition) is 0. The van der Waals surface area contributed by atoms with Gasteiger partial charge in [-0.05, 0) is 27.9 Å². The Kier molecular flexibility index (Phi) is 3.38. The summed E-state index contributed by atoms with van der Waals surface area (Å²) in [6.07, 6.45) is 1.77. The predicted molar refractivity (Wildman–Crippen MR) is 77.8 cm³/mol. The van der Waals surface area contributed by atoms with Crippen LogP contribution < -0.4 is 4.74 Å². The highest BCUT2D eigenvalue weighted by Gasteiger charge is 2.61. The van der Waals surface area contributed by atoms with Gasteiger partial charge in [-0.2, -0.15) is 5.26 Å². The molecule has 0 spiro atoms. The summed E-state index contributed by atoms with van der Waals surface area (Å²) in [5.74, 6) is 1.31. The van der Waals surface area contributed by atoms with Crippen molar-refractivity contribution in [1.82, 2.24) is 4.98 Å². The molecule has 1 heterocycles. The molecule has 1 aromatic heterocycles. The summed E-state index contributed by atoms with van der Waals surface area (Å²) in [6, 6.07) is 3.85. The molecule has 2 rings (SSSR count). The van der Waals surface area contributed by atoms with Crippen molar-refractivity contribution in [2.75, 3.05) is 0 Å². The zero-order valence-electron chi connectivity index (χ0n) is 12.0. The number of aromatic nitrogens is 1. The fraction of sp³-hybridized carbons (Fsp3) is 0.600. The summed E-state index contributed by atoms with van der Waals surface area (Å²) < 4.78 is 6.81. The molecule has 4 heteroatoms. The number of halogens is 1. The molecule has 0 bridgehead atoms. The smallest absolute Gasteiger partial charge is 0.154 e. The minimum Gasteiger partial charge on any atom is -0.488 e. The van der Waals surface area contributed by atoms with Gasteiger partial charge < -0.3 is 4.74 Å². The van der Waals surface area contributed by atoms with Crippen molar-refractivity contribution in [3.8, 4) is 11.8 Å². The van der Waals surface area contributed by atoms with E-state index in [0.29, 0.717) is 21.8 Å². The molecule has 3 nitrogen and oxygen atoms in total. The Balaban J connectivity index is 2.23. The first-order chi connectivity index (χ1) is 8.71. The van der Waals surface area contributed by atoms with E-state index in [1.54, 1.807) is 6.20 Å². The van der Waals surface area contributed by atoms with E-state index >= 15 is 0 Å². The average molecular weight is 323 g/mol. The maximum Gasteiger partial charge on any atom is 0.154 e. The molecule has 1 aliphatic carbocycles. The van der Waals surface area contributed by atoms with Crippen molar-refractivity contribution in [1.29, 1.82) is 5.26 Å². The lowest BCUT2D eigenvalue weighted by atomic mass is 9.46. The Morgan fingerprint density at radius 1 is 1.32 bits per heavy atom. The van der Waals surface area contributed by atoms with Crippen LogP contribution in [0.3, 0.4) is 0 Å². The Hall–Kier alpha value is -1.08. The van der Waals surface area contributed by atoms with E-state index in [2.05, 4.69) is 55.5 Å². The molecular formula is C15H19BrN2O. The van der Waals surface area contributed by atoms with Gasteiger partial charge in [-0.1, -0.05) is 34.6 Å². The minimum atomic E-state index is 0.143. The standard InChI is InChI=1S/C15H19BrN2O/c1-9-14(2,3)13(15(9,4)5)19-10-6-11(16)12(7-17)18-8-10/h6,8-9,13H,1-5H3/t9-,13-. The molecule has 0 N–H and O–H groups in total. The van der Waals surface area contributed by atoms with E-state index in [-0.39, 0.29) is 16.9 Å². The summed E-state index contributed by atoms with van der Waals surface area (Å²) >= 11 is 3.34. The molecule has 1 fully saturated rings. The molecule has 0 aromatic carbocycles. The van der Waals surface area contributed by atoms with E-state index in [4.69, 9.17) is 10.00 Å². The van der Waals surface area contributed by atoms with Gasteiger partial charge in [0.2, 0.25) is 0 Å². The van der Waals surface area contributed by atoms with Gasteiger partial charge in [-0.3, -0.25) is 0 Å². The molecule has 19 heavy (non-hydrogen) atoms. The Bertz CT molecular complexity index is 530. The largest absolute Gasteiger partial charge is 0.488 e. The second-order valence-electron chi connectivity index (χ2n) is 6.48. The van der Waals surface area contributed by atoms with Gasteiger partial charge in [0.15, 0.2) is 5.69 Å². The molecule has 0 aliphatic heterocycles. The van der Waals surface area contributed by atoms with Crippen LogP contribution in [-0.4, -0.2) is 11.1 Å². The Morgan fingerprint density at radius 3 is 2.37 bits per heavy atom. The molecule has 0 atom stereocenters. The number of rotatable bonds is 2. The van der Waals surface area contributed by atoms with Gasteiger partial charge in [0.05, 0.1) is 10.7 Å². The summed E-state index contributed by atoms with van der Waals surface area (Å²) in [5.41, 5.74) is 0.668. The Labute approximate surface area is 123 Å². The van der Waals surface area contributed by atoms with Crippen LogP contribution in [0.4, 0.5) is 0 Å². The van der Waals surface area contributed by atoms with Gasteiger partial charge in [0, 0.05) is 10.8 Å². The molecular weight excluding hydrogens is 304 g/mol. The van der Waals surface area contributed by atoms with Crippen LogP contribution in [-0.2, 0) is 0 Å². The summed E-state index contributed by atoms with van der Waals surface area (Å²) in [7, 11) is 0. The van der Waals surface area contributed by atoms with Crippen molar-refractivity contribution in [3.63, 3.8) is 0 Å². The zero-order valence-corrected chi connectivity index (χ0v) is 13.6. The highest BCUT2D eigenvalue weighted by atomic mass is 79.9. The van der Waals surface area contributed by atoms with Gasteiger partial charge in [-0.15, -0.1) is 0 Å². The van der Waals surface area contributed by atoms with Gasteiger partial charge in [0.1, 0.15) is 17.9 Å². The van der Waals surface area contributed by atoms with Gasteiger partial charge in [0.25, 0.3) is 0 Å². The number of hydrogen-bond acceptors (Lipinski definition) is 3. The first-order valence-electron chi connectivity index (χ1n) is 6.43. The number of ether oxygens (including phenoxy) is 1. The van der Waals surface area contributed by atoms with E-state index in [9.17, 15) is 0 Å². The summed E-state index contributed by atoms with van der Waals surface area (Å²) in [6.45, 7) is 11.2. The molecule has 0 saturated heterocycles. The molecule has 1 aromatic rings. The summed E-state index contributed by atoms with van der Waals surface area (Å²) in [5, 5.41) is 8.87. The monoisotopic (exact) mass is 322 g/mol. The fourth-order valence-electron chi connectivity index (χ4n) is 3.28. The van der Waals surface area contributed by atoms with Crippen LogP contribution in [0.15, 0.2) is 16.7 Å². The van der Waals surface area contributed by atoms with Gasteiger partial charge in [-0.25, -0.2) is 4.98 Å². The molecule has 0 unspecified atom stereocenters. The van der Waals surface area contributed by atoms with Crippen LogP contribution in [0.1, 0.15) is 40.3 Å². The predicted octanol–water partition coefficient (Wildman–Crippen LogP) is 4.17. The highest BCUT2D eigenvalue weighted by molar-refractivity contribution is 9.10. The lowest BCUT2D eigenvalue weighted by Gasteiger charge is -2.62. The molecule has 102 valence electrons. The maximum absolute atomic E-state index is 8.87. The quantitative estimate of drug-likeness (QED) is 0.821. The van der Waals surface area contributed by atoms with E-state index in [1.807, 2.05) is 12.1 Å². The Morgan fingerprint density at radius 2 is 1.89 bits per heavy atom. The van der Waals surface area contributed by atoms with Crippen molar-refractivity contribution in [2.45, 2.75) is 40.7 Å². The average Bonchev–Trinajstić information content (AvgIpc) is 2.34. The van der Waals surface area contributed by atoms with E-state index in [1.165, 1.54) is 0 Å². The second-order valence-corrected chi connectivity index (χ2v) is 7.33. The van der Waals surface area contributed by atoms with E-state index in [0.717, 1.165) is 0 Å². The SMILES string of the molecule is CC1(C)[C@H](C)C(C)(C)[C@H]1Oc1cnc(C#N)c(Br)c1. The lowest BCUT2D eigenvalue weighted by Crippen LogP contribution is -2.64. The third-order valence-corrected chi connectivity index (χ3v) is 5.36. The van der Waals surface area contributed by atoms with Crippen LogP contribution in [0, 0.1) is 28.1 Å². The lowest BCUT2D eigenvalue weighted by molar-refractivity contribution is -0.190. The third-order valence-electron chi connectivity index (χ3n) is 4.76. The molecule has 1 aliphatic rings. The minimum absolute atomic E-state index is 0.143. The summed E-state index contributed by atoms with van der Waals surface area (Å²) in [4.78, 5) is 4.09. The topological polar surface area (TPSA) is 45.9 Å². The normalized spacial score (nSPS) is 27.2. The second kappa shape index (κ2) is 4.49.